The van der Waals surface area contributed by atoms with E-state index in [0.717, 1.165) is 5.56 Å². The first-order valence-corrected chi connectivity index (χ1v) is 11.9. The number of halogens is 1. The number of aromatic amines is 1. The van der Waals surface area contributed by atoms with Crippen molar-refractivity contribution in [3.05, 3.63) is 82.5 Å². The van der Waals surface area contributed by atoms with Gasteiger partial charge in [-0.05, 0) is 48.9 Å². The Bertz CT molecular complexity index is 1450. The Morgan fingerprint density at radius 2 is 2.00 bits per heavy atom. The lowest BCUT2D eigenvalue weighted by Crippen LogP contribution is -2.30. The lowest BCUT2D eigenvalue weighted by atomic mass is 10.2. The summed E-state index contributed by atoms with van der Waals surface area (Å²) in [5, 5.41) is 13.6. The summed E-state index contributed by atoms with van der Waals surface area (Å²) in [7, 11) is -2.48. The van der Waals surface area contributed by atoms with Gasteiger partial charge in [0.15, 0.2) is 0 Å². The van der Waals surface area contributed by atoms with E-state index in [0.29, 0.717) is 32.4 Å². The molecule has 2 heterocycles. The zero-order chi connectivity index (χ0) is 23.6. The number of nitrogens with zero attached hydrogens (tertiary/aromatic N) is 3. The van der Waals surface area contributed by atoms with Gasteiger partial charge in [0, 0.05) is 52.8 Å². The fraction of sp³-hybridized carbons (Fsp3) is 0.130. The van der Waals surface area contributed by atoms with Gasteiger partial charge >= 0.3 is 0 Å². The molecule has 0 fully saturated rings. The van der Waals surface area contributed by atoms with Crippen molar-refractivity contribution in [3.63, 3.8) is 0 Å². The molecule has 166 valence electrons. The molecule has 0 spiro atoms. The average Bonchev–Trinajstić information content (AvgIpc) is 3.21. The molecule has 4 aromatic rings. The number of rotatable bonds is 6. The Balaban J connectivity index is 1.88. The van der Waals surface area contributed by atoms with Crippen molar-refractivity contribution in [2.24, 2.45) is 0 Å². The minimum Gasteiger partial charge on any atom is -0.350 e. The second-order valence-corrected chi connectivity index (χ2v) is 10.2. The molecule has 1 amide bonds. The first-order chi connectivity index (χ1) is 15.9. The predicted octanol–water partition coefficient (Wildman–Crippen LogP) is 3.60. The molecule has 2 aromatic heterocycles. The number of carbonyl (C=O) groups is 1. The second kappa shape index (κ2) is 9.16. The highest BCUT2D eigenvalue weighted by Crippen LogP contribution is 2.47. The number of H-pyrrole nitrogens is 1. The predicted molar refractivity (Wildman–Crippen MR) is 126 cm³/mol. The normalized spacial score (nSPS) is 12.8. The van der Waals surface area contributed by atoms with Crippen LogP contribution in [0.15, 0.2) is 55.1 Å². The van der Waals surface area contributed by atoms with Crippen LogP contribution in [0.5, 0.6) is 0 Å². The van der Waals surface area contributed by atoms with Crippen molar-refractivity contribution >= 4 is 46.4 Å². The van der Waals surface area contributed by atoms with E-state index in [2.05, 4.69) is 26.3 Å². The van der Waals surface area contributed by atoms with Crippen molar-refractivity contribution in [1.82, 2.24) is 20.3 Å². The first kappa shape index (κ1) is 22.7. The van der Waals surface area contributed by atoms with Gasteiger partial charge in [0.25, 0.3) is 13.3 Å². The number of aromatic nitrogens is 3. The summed E-state index contributed by atoms with van der Waals surface area (Å²) in [5.41, 5.74) is 2.46. The molecule has 0 aliphatic heterocycles. The van der Waals surface area contributed by atoms with Crippen LogP contribution in [-0.2, 0) is 15.6 Å². The maximum atomic E-state index is 14.4. The molecule has 1 unspecified atom stereocenters. The van der Waals surface area contributed by atoms with Gasteiger partial charge < -0.3 is 14.8 Å². The topological polar surface area (TPSA) is 121 Å². The number of amides is 1. The minimum absolute atomic E-state index is 0.0920. The van der Waals surface area contributed by atoms with Crippen LogP contribution in [0.4, 0.5) is 0 Å². The van der Waals surface area contributed by atoms with Crippen LogP contribution in [0.3, 0.4) is 0 Å². The number of nitriles is 1. The minimum atomic E-state index is -3.80. The zero-order valence-corrected chi connectivity index (χ0v) is 19.4. The number of fused-ring (bicyclic) bond motifs is 1. The van der Waals surface area contributed by atoms with Crippen LogP contribution in [-0.4, -0.2) is 28.0 Å². The highest BCUT2D eigenvalue weighted by atomic mass is 35.5. The SMILES string of the molecule is COP(=O)(c1cc(C)cc(C#N)c1)c1c(C(=O)NCc2cncnc2)[nH]c2ccc(Cl)cc12. The van der Waals surface area contributed by atoms with E-state index < -0.39 is 13.3 Å². The summed E-state index contributed by atoms with van der Waals surface area (Å²) >= 11 is 6.23. The van der Waals surface area contributed by atoms with Crippen LogP contribution in [0.2, 0.25) is 5.02 Å². The molecule has 0 radical (unpaired) electrons. The summed E-state index contributed by atoms with van der Waals surface area (Å²) in [4.78, 5) is 24.2. The van der Waals surface area contributed by atoms with Crippen molar-refractivity contribution < 1.29 is 13.9 Å². The standard InChI is InChI=1S/C23H19ClN5O3P/c1-14-5-15(9-25)7-18(6-14)33(31,32-2)22-19-8-17(24)3-4-20(19)29-21(22)23(30)28-12-16-10-26-13-27-11-16/h3-8,10-11,13,29H,12H2,1-2H3,(H,28,30). The molecule has 2 aromatic carbocycles. The summed E-state index contributed by atoms with van der Waals surface area (Å²) in [6.45, 7) is 1.97. The molecular formula is C23H19ClN5O3P. The van der Waals surface area contributed by atoms with Gasteiger partial charge in [-0.3, -0.25) is 9.36 Å². The Hall–Kier alpha value is -3.50. The molecule has 1 atom stereocenters. The van der Waals surface area contributed by atoms with Gasteiger partial charge in [-0.2, -0.15) is 5.26 Å². The summed E-state index contributed by atoms with van der Waals surface area (Å²) in [5.74, 6) is -0.480. The van der Waals surface area contributed by atoms with Crippen molar-refractivity contribution in [3.8, 4) is 6.07 Å². The molecule has 0 saturated heterocycles. The number of hydrogen-bond acceptors (Lipinski definition) is 6. The summed E-state index contributed by atoms with van der Waals surface area (Å²) < 4.78 is 20.0. The molecule has 8 nitrogen and oxygen atoms in total. The fourth-order valence-electron chi connectivity index (χ4n) is 3.64. The molecule has 0 saturated carbocycles. The van der Waals surface area contributed by atoms with Gasteiger partial charge in [0.1, 0.15) is 12.0 Å². The van der Waals surface area contributed by atoms with E-state index in [4.69, 9.17) is 16.1 Å². The van der Waals surface area contributed by atoms with Crippen molar-refractivity contribution in [1.29, 1.82) is 5.26 Å². The van der Waals surface area contributed by atoms with E-state index in [1.165, 1.54) is 19.5 Å². The van der Waals surface area contributed by atoms with Crippen LogP contribution >= 0.6 is 19.0 Å². The maximum Gasteiger partial charge on any atom is 0.268 e. The number of benzene rings is 2. The van der Waals surface area contributed by atoms with Crippen LogP contribution < -0.4 is 15.9 Å². The van der Waals surface area contributed by atoms with Gasteiger partial charge in [0.2, 0.25) is 0 Å². The van der Waals surface area contributed by atoms with Gasteiger partial charge in [-0.1, -0.05) is 11.6 Å². The molecule has 0 aliphatic carbocycles. The van der Waals surface area contributed by atoms with E-state index in [-0.39, 0.29) is 17.5 Å². The monoisotopic (exact) mass is 479 g/mol. The molecule has 0 aliphatic rings. The third-order valence-electron chi connectivity index (χ3n) is 5.11. The Kier molecular flexibility index (Phi) is 6.30. The van der Waals surface area contributed by atoms with Crippen LogP contribution in [0.25, 0.3) is 10.9 Å². The third-order valence-corrected chi connectivity index (χ3v) is 7.85. The summed E-state index contributed by atoms with van der Waals surface area (Å²) in [6, 6.07) is 12.0. The van der Waals surface area contributed by atoms with Gasteiger partial charge in [-0.15, -0.1) is 0 Å². The van der Waals surface area contributed by atoms with E-state index in [9.17, 15) is 14.6 Å². The Morgan fingerprint density at radius 1 is 1.24 bits per heavy atom. The van der Waals surface area contributed by atoms with Gasteiger partial charge in [0.05, 0.1) is 16.9 Å². The van der Waals surface area contributed by atoms with Crippen LogP contribution in [0.1, 0.15) is 27.2 Å². The molecular weight excluding hydrogens is 461 g/mol. The lowest BCUT2D eigenvalue weighted by Gasteiger charge is -2.19. The average molecular weight is 480 g/mol. The zero-order valence-electron chi connectivity index (χ0n) is 17.8. The van der Waals surface area contributed by atoms with Gasteiger partial charge in [-0.25, -0.2) is 9.97 Å². The molecule has 0 bridgehead atoms. The number of carbonyl (C=O) groups excluding carboxylic acids is 1. The number of hydrogen-bond donors (Lipinski definition) is 2. The Labute approximate surface area is 195 Å². The quantitative estimate of drug-likeness (QED) is 0.408. The van der Waals surface area contributed by atoms with Crippen molar-refractivity contribution in [2.45, 2.75) is 13.5 Å². The smallest absolute Gasteiger partial charge is 0.268 e. The van der Waals surface area contributed by atoms with E-state index >= 15 is 0 Å². The van der Waals surface area contributed by atoms with Crippen molar-refractivity contribution in [2.75, 3.05) is 7.11 Å². The molecule has 4 rings (SSSR count). The highest BCUT2D eigenvalue weighted by molar-refractivity contribution is 7.75. The highest BCUT2D eigenvalue weighted by Gasteiger charge is 2.36. The fourth-order valence-corrected chi connectivity index (χ4v) is 6.10. The van der Waals surface area contributed by atoms with Crippen LogP contribution in [0, 0.1) is 18.3 Å². The maximum absolute atomic E-state index is 14.4. The largest absolute Gasteiger partial charge is 0.350 e. The molecule has 2 N–H and O–H groups in total. The third kappa shape index (κ3) is 4.39. The van der Waals surface area contributed by atoms with E-state index in [1.54, 1.807) is 49.6 Å². The summed E-state index contributed by atoms with van der Waals surface area (Å²) in [6.07, 6.45) is 4.59. The number of nitrogens with one attached hydrogen (secondary N) is 2. The lowest BCUT2D eigenvalue weighted by molar-refractivity contribution is 0.0947. The number of aryl methyl sites for hydroxylation is 1. The molecule has 33 heavy (non-hydrogen) atoms. The van der Waals surface area contributed by atoms with E-state index in [1.807, 2.05) is 0 Å². The molecule has 10 heteroatoms. The first-order valence-electron chi connectivity index (χ1n) is 9.87. The second-order valence-electron chi connectivity index (χ2n) is 7.37. The Morgan fingerprint density at radius 3 is 2.70 bits per heavy atom.